The molecule has 0 amide bonds. The van der Waals surface area contributed by atoms with Gasteiger partial charge in [0.05, 0.1) is 6.61 Å². The predicted octanol–water partition coefficient (Wildman–Crippen LogP) is 1.79. The molecule has 0 aromatic rings. The third-order valence-corrected chi connectivity index (χ3v) is 1.97. The lowest BCUT2D eigenvalue weighted by molar-refractivity contribution is -0.143. The van der Waals surface area contributed by atoms with Crippen molar-refractivity contribution in [2.75, 3.05) is 6.61 Å². The van der Waals surface area contributed by atoms with Gasteiger partial charge in [-0.05, 0) is 19.4 Å². The van der Waals surface area contributed by atoms with E-state index in [1.54, 1.807) is 19.1 Å². The molecule has 0 radical (unpaired) electrons. The monoisotopic (exact) mass is 194 g/mol. The topological polar surface area (TPSA) is 43.4 Å². The summed E-state index contributed by atoms with van der Waals surface area (Å²) in [7, 11) is 0. The molecule has 76 valence electrons. The number of rotatable bonds is 4. The van der Waals surface area contributed by atoms with Crippen molar-refractivity contribution in [2.45, 2.75) is 26.2 Å². The van der Waals surface area contributed by atoms with E-state index in [0.717, 1.165) is 5.57 Å². The first-order chi connectivity index (χ1) is 6.72. The fourth-order valence-corrected chi connectivity index (χ4v) is 1.30. The van der Waals surface area contributed by atoms with Crippen molar-refractivity contribution in [3.05, 3.63) is 23.8 Å². The molecule has 0 N–H and O–H groups in total. The molecule has 0 aromatic carbocycles. The number of esters is 1. The fourth-order valence-electron chi connectivity index (χ4n) is 1.30. The number of carbonyl (C=O) groups is 2. The van der Waals surface area contributed by atoms with Crippen molar-refractivity contribution in [3.8, 4) is 0 Å². The zero-order chi connectivity index (χ0) is 10.4. The largest absolute Gasteiger partial charge is 0.466 e. The van der Waals surface area contributed by atoms with E-state index in [1.165, 1.54) is 0 Å². The smallest absolute Gasteiger partial charge is 0.306 e. The molecule has 1 aliphatic carbocycles. The average Bonchev–Trinajstić information content (AvgIpc) is 2.15. The maximum Gasteiger partial charge on any atom is 0.306 e. The van der Waals surface area contributed by atoms with Gasteiger partial charge in [-0.3, -0.25) is 9.59 Å². The Morgan fingerprint density at radius 3 is 3.00 bits per heavy atom. The summed E-state index contributed by atoms with van der Waals surface area (Å²) >= 11 is 0. The van der Waals surface area contributed by atoms with Crippen LogP contribution in [0.4, 0.5) is 0 Å². The molecule has 0 heterocycles. The normalized spacial score (nSPS) is 15.2. The van der Waals surface area contributed by atoms with Gasteiger partial charge < -0.3 is 4.74 Å². The lowest BCUT2D eigenvalue weighted by Crippen LogP contribution is -2.06. The second kappa shape index (κ2) is 5.37. The minimum Gasteiger partial charge on any atom is -0.466 e. The number of hydrogen-bond donors (Lipinski definition) is 0. The summed E-state index contributed by atoms with van der Waals surface area (Å²) in [5.41, 5.74) is 1.01. The minimum absolute atomic E-state index is 0.103. The van der Waals surface area contributed by atoms with Crippen molar-refractivity contribution in [3.63, 3.8) is 0 Å². The van der Waals surface area contributed by atoms with E-state index in [2.05, 4.69) is 0 Å². The first kappa shape index (κ1) is 10.7. The summed E-state index contributed by atoms with van der Waals surface area (Å²) in [5.74, 6) is -0.0956. The summed E-state index contributed by atoms with van der Waals surface area (Å²) in [6.45, 7) is 2.20. The molecule has 14 heavy (non-hydrogen) atoms. The summed E-state index contributed by atoms with van der Waals surface area (Å²) in [6.07, 6.45) is 6.59. The number of ether oxygens (including phenoxy) is 1. The fraction of sp³-hybridized carbons (Fsp3) is 0.455. The van der Waals surface area contributed by atoms with Gasteiger partial charge in [-0.2, -0.15) is 0 Å². The summed E-state index contributed by atoms with van der Waals surface area (Å²) < 4.78 is 4.79. The van der Waals surface area contributed by atoms with Gasteiger partial charge in [0, 0.05) is 12.8 Å². The molecule has 0 unspecified atom stereocenters. The van der Waals surface area contributed by atoms with Crippen LogP contribution in [0.3, 0.4) is 0 Å². The third-order valence-electron chi connectivity index (χ3n) is 1.97. The van der Waals surface area contributed by atoms with Gasteiger partial charge in [-0.25, -0.2) is 0 Å². The quantitative estimate of drug-likeness (QED) is 0.641. The van der Waals surface area contributed by atoms with E-state index < -0.39 is 0 Å². The molecule has 0 aromatic heterocycles. The molecular formula is C11H14O3. The molecule has 0 spiro atoms. The van der Waals surface area contributed by atoms with Gasteiger partial charge in [0.15, 0.2) is 5.78 Å². The van der Waals surface area contributed by atoms with E-state index >= 15 is 0 Å². The molecule has 3 nitrogen and oxygen atoms in total. The van der Waals surface area contributed by atoms with E-state index in [4.69, 9.17) is 4.74 Å². The van der Waals surface area contributed by atoms with Gasteiger partial charge >= 0.3 is 5.97 Å². The van der Waals surface area contributed by atoms with Crippen LogP contribution in [0, 0.1) is 0 Å². The Balaban J connectivity index is 2.31. The Morgan fingerprint density at radius 1 is 1.57 bits per heavy atom. The number of allylic oxidation sites excluding steroid dienone is 4. The highest BCUT2D eigenvalue weighted by atomic mass is 16.5. The van der Waals surface area contributed by atoms with Crippen molar-refractivity contribution in [1.29, 1.82) is 0 Å². The summed E-state index contributed by atoms with van der Waals surface area (Å²) in [6, 6.07) is 0. The van der Waals surface area contributed by atoms with Crippen LogP contribution in [-0.2, 0) is 14.3 Å². The lowest BCUT2D eigenvalue weighted by Gasteiger charge is -2.07. The molecule has 0 bridgehead atoms. The van der Waals surface area contributed by atoms with Crippen molar-refractivity contribution in [2.24, 2.45) is 0 Å². The summed E-state index contributed by atoms with van der Waals surface area (Å²) in [4.78, 5) is 22.0. The Labute approximate surface area is 83.4 Å². The Kier molecular flexibility index (Phi) is 4.11. The average molecular weight is 194 g/mol. The molecule has 0 saturated carbocycles. The highest BCUT2D eigenvalue weighted by molar-refractivity contribution is 5.93. The van der Waals surface area contributed by atoms with Crippen LogP contribution in [0.25, 0.3) is 0 Å². The van der Waals surface area contributed by atoms with Crippen LogP contribution >= 0.6 is 0 Å². The Morgan fingerprint density at radius 2 is 2.36 bits per heavy atom. The van der Waals surface area contributed by atoms with Crippen molar-refractivity contribution >= 4 is 11.8 Å². The molecule has 0 fully saturated rings. The maximum atomic E-state index is 11.0. The lowest BCUT2D eigenvalue weighted by atomic mass is 10.00. The predicted molar refractivity (Wildman–Crippen MR) is 52.7 cm³/mol. The van der Waals surface area contributed by atoms with Crippen LogP contribution in [0.2, 0.25) is 0 Å². The zero-order valence-electron chi connectivity index (χ0n) is 8.29. The first-order valence-electron chi connectivity index (χ1n) is 4.77. The molecular weight excluding hydrogens is 180 g/mol. The SMILES string of the molecule is CCOC(=O)CCC1=CC=CC(=O)C1. The van der Waals surface area contributed by atoms with Gasteiger partial charge in [0.2, 0.25) is 0 Å². The highest BCUT2D eigenvalue weighted by Crippen LogP contribution is 2.15. The molecule has 0 atom stereocenters. The standard InChI is InChI=1S/C11H14O3/c1-2-14-11(13)7-6-9-4-3-5-10(12)8-9/h3-5H,2,6-8H2,1H3. The Hall–Kier alpha value is -1.38. The van der Waals surface area contributed by atoms with E-state index in [0.29, 0.717) is 25.9 Å². The van der Waals surface area contributed by atoms with E-state index in [1.807, 2.05) is 6.08 Å². The molecule has 0 aliphatic heterocycles. The van der Waals surface area contributed by atoms with Gasteiger partial charge in [0.1, 0.15) is 0 Å². The van der Waals surface area contributed by atoms with Gasteiger partial charge in [0.25, 0.3) is 0 Å². The number of hydrogen-bond acceptors (Lipinski definition) is 3. The van der Waals surface area contributed by atoms with Crippen LogP contribution in [0.1, 0.15) is 26.2 Å². The van der Waals surface area contributed by atoms with Gasteiger partial charge in [-0.1, -0.05) is 17.7 Å². The van der Waals surface area contributed by atoms with Crippen LogP contribution in [-0.4, -0.2) is 18.4 Å². The Bertz CT molecular complexity index is 287. The second-order valence-corrected chi connectivity index (χ2v) is 3.13. The van der Waals surface area contributed by atoms with E-state index in [-0.39, 0.29) is 11.8 Å². The third kappa shape index (κ3) is 3.56. The van der Waals surface area contributed by atoms with Crippen molar-refractivity contribution in [1.82, 2.24) is 0 Å². The second-order valence-electron chi connectivity index (χ2n) is 3.13. The van der Waals surface area contributed by atoms with Gasteiger partial charge in [-0.15, -0.1) is 0 Å². The zero-order valence-corrected chi connectivity index (χ0v) is 8.29. The number of carbonyl (C=O) groups excluding carboxylic acids is 2. The van der Waals surface area contributed by atoms with Crippen LogP contribution in [0.15, 0.2) is 23.8 Å². The highest BCUT2D eigenvalue weighted by Gasteiger charge is 2.09. The molecule has 1 rings (SSSR count). The summed E-state index contributed by atoms with van der Waals surface area (Å²) in [5, 5.41) is 0. The molecule has 3 heteroatoms. The van der Waals surface area contributed by atoms with Crippen LogP contribution in [0.5, 0.6) is 0 Å². The number of ketones is 1. The molecule has 0 saturated heterocycles. The first-order valence-corrected chi connectivity index (χ1v) is 4.77. The minimum atomic E-state index is -0.199. The van der Waals surface area contributed by atoms with E-state index in [9.17, 15) is 9.59 Å². The van der Waals surface area contributed by atoms with Crippen molar-refractivity contribution < 1.29 is 14.3 Å². The molecule has 1 aliphatic rings. The van der Waals surface area contributed by atoms with Crippen LogP contribution < -0.4 is 0 Å². The maximum absolute atomic E-state index is 11.0.